The highest BCUT2D eigenvalue weighted by Crippen LogP contribution is 2.30. The number of ether oxygens (including phenoxy) is 3. The van der Waals surface area contributed by atoms with Crippen LogP contribution in [-0.4, -0.2) is 47.5 Å². The lowest BCUT2D eigenvalue weighted by Gasteiger charge is -2.18. The Morgan fingerprint density at radius 3 is 2.21 bits per heavy atom. The van der Waals surface area contributed by atoms with E-state index in [0.29, 0.717) is 0 Å². The predicted molar refractivity (Wildman–Crippen MR) is 64.0 cm³/mol. The fraction of sp³-hybridized carbons (Fsp3) is 0.727. The topological polar surface area (TPSA) is 78.9 Å². The van der Waals surface area contributed by atoms with Crippen molar-refractivity contribution in [3.63, 3.8) is 0 Å². The molecule has 0 saturated carbocycles. The van der Waals surface area contributed by atoms with E-state index in [4.69, 9.17) is 14.2 Å². The molecule has 8 heteroatoms. The lowest BCUT2D eigenvalue weighted by molar-refractivity contribution is -0.193. The van der Waals surface area contributed by atoms with E-state index in [0.717, 1.165) is 25.6 Å². The van der Waals surface area contributed by atoms with E-state index < -0.39 is 36.6 Å². The van der Waals surface area contributed by atoms with Crippen molar-refractivity contribution in [3.8, 4) is 0 Å². The molecule has 1 saturated heterocycles. The SMILES string of the molecule is CC(=O)OC1O[C@H](CSC(C)=O)[C@H](F)[C@H]1OC(C)=O. The molecule has 0 aromatic rings. The Morgan fingerprint density at radius 1 is 1.16 bits per heavy atom. The van der Waals surface area contributed by atoms with Crippen LogP contribution in [0.5, 0.6) is 0 Å². The van der Waals surface area contributed by atoms with E-state index in [9.17, 15) is 18.8 Å². The van der Waals surface area contributed by atoms with Crippen LogP contribution in [0.3, 0.4) is 0 Å². The van der Waals surface area contributed by atoms with Gasteiger partial charge in [-0.2, -0.15) is 0 Å². The molecule has 4 atom stereocenters. The minimum atomic E-state index is -1.65. The zero-order valence-electron chi connectivity index (χ0n) is 10.8. The van der Waals surface area contributed by atoms with E-state index in [2.05, 4.69) is 0 Å². The Labute approximate surface area is 113 Å². The molecule has 0 aromatic heterocycles. The summed E-state index contributed by atoms with van der Waals surface area (Å²) in [5.74, 6) is -1.31. The third-order valence-corrected chi connectivity index (χ3v) is 3.18. The Morgan fingerprint density at radius 2 is 1.74 bits per heavy atom. The average molecular weight is 294 g/mol. The molecule has 0 aromatic carbocycles. The van der Waals surface area contributed by atoms with Crippen molar-refractivity contribution in [3.05, 3.63) is 0 Å². The standard InChI is InChI=1S/C11H15FO6S/c1-5(13)16-10-9(12)8(4-19-7(3)15)18-11(10)17-6(2)14/h8-11H,4H2,1-3H3/t8-,9+,10-,11?/m1/s1. The molecule has 0 N–H and O–H groups in total. The number of halogens is 1. The number of hydrogen-bond donors (Lipinski definition) is 0. The molecule has 1 heterocycles. The Hall–Kier alpha value is -1.15. The van der Waals surface area contributed by atoms with E-state index in [1.165, 1.54) is 6.92 Å². The summed E-state index contributed by atoms with van der Waals surface area (Å²) in [5.41, 5.74) is 0. The summed E-state index contributed by atoms with van der Waals surface area (Å²) in [7, 11) is 0. The summed E-state index contributed by atoms with van der Waals surface area (Å²) >= 11 is 0.889. The Balaban J connectivity index is 2.70. The fourth-order valence-corrected chi connectivity index (χ4v) is 2.25. The molecule has 0 aliphatic carbocycles. The summed E-state index contributed by atoms with van der Waals surface area (Å²) in [6.07, 6.45) is -5.21. The van der Waals surface area contributed by atoms with Gasteiger partial charge in [0.05, 0.1) is 0 Å². The third kappa shape index (κ3) is 4.79. The Bertz CT molecular complexity index is 374. The molecule has 108 valence electrons. The van der Waals surface area contributed by atoms with Gasteiger partial charge in [-0.3, -0.25) is 14.4 Å². The van der Waals surface area contributed by atoms with Gasteiger partial charge >= 0.3 is 11.9 Å². The quantitative estimate of drug-likeness (QED) is 0.710. The highest BCUT2D eigenvalue weighted by molar-refractivity contribution is 8.13. The maximum absolute atomic E-state index is 14.0. The first-order valence-corrected chi connectivity index (χ1v) is 6.57. The van der Waals surface area contributed by atoms with Gasteiger partial charge in [0.1, 0.15) is 6.10 Å². The molecule has 1 unspecified atom stereocenters. The van der Waals surface area contributed by atoms with Gasteiger partial charge in [-0.05, 0) is 0 Å². The maximum atomic E-state index is 14.0. The second kappa shape index (κ2) is 6.85. The van der Waals surface area contributed by atoms with Crippen LogP contribution in [0.1, 0.15) is 20.8 Å². The molecular weight excluding hydrogens is 279 g/mol. The monoisotopic (exact) mass is 294 g/mol. The minimum Gasteiger partial charge on any atom is -0.453 e. The van der Waals surface area contributed by atoms with Crippen LogP contribution < -0.4 is 0 Å². The molecule has 1 aliphatic heterocycles. The Kier molecular flexibility index (Phi) is 5.74. The van der Waals surface area contributed by atoms with Gasteiger partial charge < -0.3 is 14.2 Å². The first-order chi connectivity index (χ1) is 8.81. The van der Waals surface area contributed by atoms with Crippen molar-refractivity contribution in [1.82, 2.24) is 0 Å². The van der Waals surface area contributed by atoms with Crippen LogP contribution in [0.4, 0.5) is 4.39 Å². The van der Waals surface area contributed by atoms with Gasteiger partial charge in [0.25, 0.3) is 0 Å². The van der Waals surface area contributed by atoms with E-state index >= 15 is 0 Å². The number of carbonyl (C=O) groups is 3. The summed E-state index contributed by atoms with van der Waals surface area (Å²) < 4.78 is 28.7. The largest absolute Gasteiger partial charge is 0.453 e. The average Bonchev–Trinajstić information content (AvgIpc) is 2.53. The third-order valence-electron chi connectivity index (χ3n) is 2.28. The number of hydrogen-bond acceptors (Lipinski definition) is 7. The molecule has 19 heavy (non-hydrogen) atoms. The van der Waals surface area contributed by atoms with Crippen molar-refractivity contribution in [1.29, 1.82) is 0 Å². The van der Waals surface area contributed by atoms with Crippen LogP contribution in [0.15, 0.2) is 0 Å². The number of esters is 2. The summed E-state index contributed by atoms with van der Waals surface area (Å²) in [6, 6.07) is 0. The van der Waals surface area contributed by atoms with Crippen LogP contribution in [-0.2, 0) is 28.6 Å². The number of alkyl halides is 1. The number of thioether (sulfide) groups is 1. The lowest BCUT2D eigenvalue weighted by atomic mass is 10.2. The number of rotatable bonds is 4. The van der Waals surface area contributed by atoms with Gasteiger partial charge in [0.2, 0.25) is 6.29 Å². The second-order valence-corrected chi connectivity index (χ2v) is 5.17. The first kappa shape index (κ1) is 15.9. The van der Waals surface area contributed by atoms with Crippen molar-refractivity contribution in [2.24, 2.45) is 0 Å². The van der Waals surface area contributed by atoms with E-state index in [1.807, 2.05) is 0 Å². The predicted octanol–water partition coefficient (Wildman–Crippen LogP) is 0.824. The zero-order chi connectivity index (χ0) is 14.6. The summed E-state index contributed by atoms with van der Waals surface area (Å²) in [6.45, 7) is 3.61. The van der Waals surface area contributed by atoms with Crippen molar-refractivity contribution < 1.29 is 33.0 Å². The van der Waals surface area contributed by atoms with Crippen molar-refractivity contribution in [2.75, 3.05) is 5.75 Å². The number of carbonyl (C=O) groups excluding carboxylic acids is 3. The summed E-state index contributed by atoms with van der Waals surface area (Å²) in [4.78, 5) is 32.6. The van der Waals surface area contributed by atoms with Gasteiger partial charge in [-0.15, -0.1) is 0 Å². The molecule has 1 aliphatic rings. The molecule has 6 nitrogen and oxygen atoms in total. The van der Waals surface area contributed by atoms with E-state index in [1.54, 1.807) is 0 Å². The van der Waals surface area contributed by atoms with Gasteiger partial charge in [-0.1, -0.05) is 11.8 Å². The fourth-order valence-electron chi connectivity index (χ4n) is 1.59. The van der Waals surface area contributed by atoms with E-state index in [-0.39, 0.29) is 10.9 Å². The molecule has 1 fully saturated rings. The molecule has 0 bridgehead atoms. The molecule has 0 spiro atoms. The zero-order valence-corrected chi connectivity index (χ0v) is 11.6. The van der Waals surface area contributed by atoms with Crippen molar-refractivity contribution >= 4 is 28.8 Å². The second-order valence-electron chi connectivity index (χ2n) is 3.97. The maximum Gasteiger partial charge on any atom is 0.305 e. The van der Waals surface area contributed by atoms with Crippen LogP contribution in [0.2, 0.25) is 0 Å². The van der Waals surface area contributed by atoms with Gasteiger partial charge in [-0.25, -0.2) is 4.39 Å². The highest BCUT2D eigenvalue weighted by Gasteiger charge is 2.49. The van der Waals surface area contributed by atoms with Crippen LogP contribution >= 0.6 is 11.8 Å². The molecule has 1 rings (SSSR count). The van der Waals surface area contributed by atoms with Gasteiger partial charge in [0, 0.05) is 26.5 Å². The van der Waals surface area contributed by atoms with Gasteiger partial charge in [0.15, 0.2) is 17.4 Å². The minimum absolute atomic E-state index is 0.0615. The highest BCUT2D eigenvalue weighted by atomic mass is 32.2. The first-order valence-electron chi connectivity index (χ1n) is 5.58. The lowest BCUT2D eigenvalue weighted by Crippen LogP contribution is -2.36. The van der Waals surface area contributed by atoms with Crippen molar-refractivity contribution in [2.45, 2.75) is 45.4 Å². The van der Waals surface area contributed by atoms with Crippen LogP contribution in [0, 0.1) is 0 Å². The normalized spacial score (nSPS) is 29.9. The summed E-state index contributed by atoms with van der Waals surface area (Å²) in [5, 5.41) is -0.184. The smallest absolute Gasteiger partial charge is 0.305 e. The molecule has 0 amide bonds. The molecule has 0 radical (unpaired) electrons. The molecular formula is C11H15FO6S. The van der Waals surface area contributed by atoms with Crippen LogP contribution in [0.25, 0.3) is 0 Å².